The number of fused-ring (bicyclic) bond motifs is 1. The Morgan fingerprint density at radius 2 is 2.12 bits per heavy atom. The van der Waals surface area contributed by atoms with Crippen molar-refractivity contribution in [2.45, 2.75) is 39.5 Å². The molecule has 0 spiro atoms. The summed E-state index contributed by atoms with van der Waals surface area (Å²) in [6.45, 7) is 3.94. The number of carbonyl (C=O) groups is 2. The molecule has 1 amide bonds. The van der Waals surface area contributed by atoms with Crippen LogP contribution in [0.15, 0.2) is 6.07 Å². The van der Waals surface area contributed by atoms with Gasteiger partial charge in [-0.1, -0.05) is 0 Å². The summed E-state index contributed by atoms with van der Waals surface area (Å²) >= 11 is 1.49. The van der Waals surface area contributed by atoms with Crippen LogP contribution in [0.3, 0.4) is 0 Å². The van der Waals surface area contributed by atoms with Gasteiger partial charge in [-0.15, -0.1) is 11.3 Å². The van der Waals surface area contributed by atoms with Gasteiger partial charge in [0, 0.05) is 11.9 Å². The lowest BCUT2D eigenvalue weighted by atomic mass is 9.95. The van der Waals surface area contributed by atoms with Crippen LogP contribution in [0.4, 0.5) is 5.00 Å². The Morgan fingerprint density at radius 3 is 2.79 bits per heavy atom. The van der Waals surface area contributed by atoms with E-state index in [0.717, 1.165) is 36.9 Å². The first kappa shape index (κ1) is 16.7. The Bertz CT molecular complexity index is 791. The van der Waals surface area contributed by atoms with Crippen molar-refractivity contribution in [1.29, 1.82) is 0 Å². The third-order valence-electron chi connectivity index (χ3n) is 4.11. The Kier molecular flexibility index (Phi) is 4.71. The molecule has 1 N–H and O–H groups in total. The largest absolute Gasteiger partial charge is 0.462 e. The van der Waals surface area contributed by atoms with Crippen molar-refractivity contribution >= 4 is 28.2 Å². The van der Waals surface area contributed by atoms with Gasteiger partial charge < -0.3 is 10.1 Å². The fourth-order valence-corrected chi connectivity index (χ4v) is 4.34. The molecule has 0 radical (unpaired) electrons. The summed E-state index contributed by atoms with van der Waals surface area (Å²) in [7, 11) is 1.73. The van der Waals surface area contributed by atoms with Crippen LogP contribution in [-0.2, 0) is 24.6 Å². The second-order valence-corrected chi connectivity index (χ2v) is 6.99. The van der Waals surface area contributed by atoms with Crippen LogP contribution in [0.1, 0.15) is 56.7 Å². The molecule has 0 saturated carbocycles. The van der Waals surface area contributed by atoms with E-state index in [2.05, 4.69) is 10.4 Å². The number of nitrogens with one attached hydrogen (secondary N) is 1. The van der Waals surface area contributed by atoms with Gasteiger partial charge in [0.1, 0.15) is 10.7 Å². The quantitative estimate of drug-likeness (QED) is 0.863. The van der Waals surface area contributed by atoms with Gasteiger partial charge in [0.15, 0.2) is 0 Å². The molecule has 2 aromatic heterocycles. The maximum absolute atomic E-state index is 12.6. The monoisotopic (exact) mass is 347 g/mol. The summed E-state index contributed by atoms with van der Waals surface area (Å²) < 4.78 is 6.75. The molecule has 1 aliphatic rings. The highest BCUT2D eigenvalue weighted by atomic mass is 32.1. The summed E-state index contributed by atoms with van der Waals surface area (Å²) in [6.07, 6.45) is 3.99. The Labute approximate surface area is 144 Å². The normalized spacial score (nSPS) is 13.5. The molecule has 0 atom stereocenters. The maximum atomic E-state index is 12.6. The number of hydrogen-bond acceptors (Lipinski definition) is 5. The summed E-state index contributed by atoms with van der Waals surface area (Å²) in [5.41, 5.74) is 2.82. The number of nitrogens with zero attached hydrogens (tertiary/aromatic N) is 2. The molecule has 6 nitrogen and oxygen atoms in total. The van der Waals surface area contributed by atoms with Crippen molar-refractivity contribution < 1.29 is 14.3 Å². The molecule has 0 bridgehead atoms. The molecule has 128 valence electrons. The Morgan fingerprint density at radius 1 is 1.38 bits per heavy atom. The molecule has 0 saturated heterocycles. The van der Waals surface area contributed by atoms with Gasteiger partial charge >= 0.3 is 5.97 Å². The van der Waals surface area contributed by atoms with Crippen LogP contribution in [0.5, 0.6) is 0 Å². The minimum absolute atomic E-state index is 0.262. The number of aromatic nitrogens is 2. The van der Waals surface area contributed by atoms with Crippen LogP contribution >= 0.6 is 11.3 Å². The van der Waals surface area contributed by atoms with Gasteiger partial charge in [-0.3, -0.25) is 9.48 Å². The van der Waals surface area contributed by atoms with E-state index in [1.54, 1.807) is 24.7 Å². The molecule has 0 unspecified atom stereocenters. The van der Waals surface area contributed by atoms with Gasteiger partial charge in [-0.2, -0.15) is 5.10 Å². The van der Waals surface area contributed by atoms with E-state index in [-0.39, 0.29) is 11.9 Å². The van der Waals surface area contributed by atoms with Crippen molar-refractivity contribution in [2.24, 2.45) is 7.05 Å². The van der Waals surface area contributed by atoms with Crippen molar-refractivity contribution in [3.05, 3.63) is 33.5 Å². The molecule has 24 heavy (non-hydrogen) atoms. The van der Waals surface area contributed by atoms with E-state index < -0.39 is 0 Å². The fraction of sp³-hybridized carbons (Fsp3) is 0.471. The predicted octanol–water partition coefficient (Wildman–Crippen LogP) is 3.10. The number of ether oxygens (including phenoxy) is 1. The summed E-state index contributed by atoms with van der Waals surface area (Å²) in [5.74, 6) is -0.615. The molecule has 0 aromatic carbocycles. The van der Waals surface area contributed by atoms with E-state index in [1.165, 1.54) is 16.2 Å². The van der Waals surface area contributed by atoms with Gasteiger partial charge in [0.05, 0.1) is 17.9 Å². The number of anilines is 1. The van der Waals surface area contributed by atoms with Crippen LogP contribution in [0.2, 0.25) is 0 Å². The zero-order valence-corrected chi connectivity index (χ0v) is 15.0. The highest BCUT2D eigenvalue weighted by Crippen LogP contribution is 2.38. The van der Waals surface area contributed by atoms with Gasteiger partial charge in [0.25, 0.3) is 5.91 Å². The molecule has 7 heteroatoms. The fourth-order valence-electron chi connectivity index (χ4n) is 3.06. The van der Waals surface area contributed by atoms with E-state index in [0.29, 0.717) is 22.9 Å². The molecule has 0 aliphatic heterocycles. The van der Waals surface area contributed by atoms with E-state index in [1.807, 2.05) is 6.92 Å². The molecule has 3 rings (SSSR count). The average Bonchev–Trinajstić information content (AvgIpc) is 3.06. The summed E-state index contributed by atoms with van der Waals surface area (Å²) in [6, 6.07) is 1.73. The molecular formula is C17H21N3O3S. The third kappa shape index (κ3) is 3.08. The van der Waals surface area contributed by atoms with Crippen molar-refractivity contribution in [3.63, 3.8) is 0 Å². The number of hydrogen-bond donors (Lipinski definition) is 1. The van der Waals surface area contributed by atoms with Crippen LogP contribution in [0.25, 0.3) is 0 Å². The molecule has 0 fully saturated rings. The van der Waals surface area contributed by atoms with Crippen LogP contribution in [-0.4, -0.2) is 28.3 Å². The molecule has 2 heterocycles. The van der Waals surface area contributed by atoms with Crippen molar-refractivity contribution in [2.75, 3.05) is 11.9 Å². The first-order valence-electron chi connectivity index (χ1n) is 8.15. The van der Waals surface area contributed by atoms with Gasteiger partial charge in [-0.25, -0.2) is 4.79 Å². The summed E-state index contributed by atoms with van der Waals surface area (Å²) in [5, 5.41) is 7.68. The van der Waals surface area contributed by atoms with Crippen molar-refractivity contribution in [3.8, 4) is 0 Å². The predicted molar refractivity (Wildman–Crippen MR) is 92.8 cm³/mol. The summed E-state index contributed by atoms with van der Waals surface area (Å²) in [4.78, 5) is 26.2. The first-order chi connectivity index (χ1) is 11.5. The Balaban J connectivity index is 1.95. The number of rotatable bonds is 4. The first-order valence-corrected chi connectivity index (χ1v) is 8.96. The lowest BCUT2D eigenvalue weighted by Gasteiger charge is -2.12. The zero-order chi connectivity index (χ0) is 17.3. The maximum Gasteiger partial charge on any atom is 0.341 e. The topological polar surface area (TPSA) is 73.2 Å². The number of thiophene rings is 1. The second-order valence-electron chi connectivity index (χ2n) is 5.88. The smallest absolute Gasteiger partial charge is 0.341 e. The lowest BCUT2D eigenvalue weighted by molar-refractivity contribution is 0.0526. The van der Waals surface area contributed by atoms with Crippen LogP contribution in [0, 0.1) is 6.92 Å². The highest BCUT2D eigenvalue weighted by Gasteiger charge is 2.27. The number of aryl methyl sites for hydroxylation is 3. The lowest BCUT2D eigenvalue weighted by Crippen LogP contribution is -2.18. The standard InChI is InChI=1S/C17H21N3O3S/c1-4-23-17(22)14-11-7-5-6-8-13(11)24-16(14)18-15(21)12-9-10(2)19-20(12)3/h9H,4-8H2,1-3H3,(H,18,21). The highest BCUT2D eigenvalue weighted by molar-refractivity contribution is 7.17. The number of carbonyl (C=O) groups excluding carboxylic acids is 2. The van der Waals surface area contributed by atoms with Gasteiger partial charge in [-0.05, 0) is 51.2 Å². The second kappa shape index (κ2) is 6.76. The minimum Gasteiger partial charge on any atom is -0.462 e. The average molecular weight is 347 g/mol. The third-order valence-corrected chi connectivity index (χ3v) is 5.32. The van der Waals surface area contributed by atoms with Crippen molar-refractivity contribution in [1.82, 2.24) is 9.78 Å². The minimum atomic E-state index is -0.353. The number of esters is 1. The van der Waals surface area contributed by atoms with E-state index >= 15 is 0 Å². The number of amides is 1. The zero-order valence-electron chi connectivity index (χ0n) is 14.1. The molecule has 2 aromatic rings. The molecule has 1 aliphatic carbocycles. The van der Waals surface area contributed by atoms with E-state index in [4.69, 9.17) is 4.74 Å². The molecular weight excluding hydrogens is 326 g/mol. The SMILES string of the molecule is CCOC(=O)c1c(NC(=O)c2cc(C)nn2C)sc2c1CCCC2. The van der Waals surface area contributed by atoms with Crippen LogP contribution < -0.4 is 5.32 Å². The van der Waals surface area contributed by atoms with E-state index in [9.17, 15) is 9.59 Å². The Hall–Kier alpha value is -2.15. The van der Waals surface area contributed by atoms with Gasteiger partial charge in [0.2, 0.25) is 0 Å².